The van der Waals surface area contributed by atoms with Crippen LogP contribution in [-0.2, 0) is 10.9 Å². The lowest BCUT2D eigenvalue weighted by atomic mass is 10.1. The topological polar surface area (TPSA) is 57.6 Å². The molecule has 2 N–H and O–H groups in total. The molecule has 0 spiro atoms. The zero-order chi connectivity index (χ0) is 19.0. The summed E-state index contributed by atoms with van der Waals surface area (Å²) in [6, 6.07) is 0.426. The molecule has 1 aromatic rings. The zero-order valence-electron chi connectivity index (χ0n) is 12.5. The van der Waals surface area contributed by atoms with Crippen molar-refractivity contribution in [1.82, 2.24) is 10.4 Å². The Kier molecular flexibility index (Phi) is 5.13. The van der Waals surface area contributed by atoms with Gasteiger partial charge in [0.05, 0.1) is 17.2 Å². The molecular formula is C13H12ClF6N3O2. The van der Waals surface area contributed by atoms with Gasteiger partial charge >= 0.3 is 12.4 Å². The molecule has 1 aromatic heterocycles. The van der Waals surface area contributed by atoms with Gasteiger partial charge in [0.25, 0.3) is 5.72 Å². The highest BCUT2D eigenvalue weighted by Gasteiger charge is 2.60. The Labute approximate surface area is 142 Å². The van der Waals surface area contributed by atoms with Crippen LogP contribution in [-0.4, -0.2) is 35.7 Å². The fourth-order valence-corrected chi connectivity index (χ4v) is 2.33. The van der Waals surface area contributed by atoms with E-state index < -0.39 is 34.5 Å². The zero-order valence-corrected chi connectivity index (χ0v) is 13.3. The van der Waals surface area contributed by atoms with Gasteiger partial charge in [-0.2, -0.15) is 26.3 Å². The number of nitrogens with zero attached hydrogens (tertiary/aromatic N) is 2. The fraction of sp³-hybridized carbons (Fsp3) is 0.462. The lowest BCUT2D eigenvalue weighted by molar-refractivity contribution is -0.238. The van der Waals surface area contributed by atoms with Gasteiger partial charge in [-0.25, -0.2) is 9.99 Å². The molecule has 0 saturated carbocycles. The third kappa shape index (κ3) is 3.77. The van der Waals surface area contributed by atoms with E-state index in [1.807, 2.05) is 0 Å². The molecule has 25 heavy (non-hydrogen) atoms. The van der Waals surface area contributed by atoms with Crippen LogP contribution in [0.3, 0.4) is 0 Å². The second kappa shape index (κ2) is 6.54. The lowest BCUT2D eigenvalue weighted by Gasteiger charge is -2.35. The Morgan fingerprint density at radius 3 is 2.44 bits per heavy atom. The number of methoxy groups -OCH3 is 1. The summed E-state index contributed by atoms with van der Waals surface area (Å²) in [6.45, 7) is 0.0504. The van der Waals surface area contributed by atoms with Crippen LogP contribution in [0.25, 0.3) is 0 Å². The number of aromatic nitrogens is 1. The first-order valence-electron chi connectivity index (χ1n) is 6.69. The van der Waals surface area contributed by atoms with Crippen LogP contribution in [0.15, 0.2) is 24.0 Å². The van der Waals surface area contributed by atoms with E-state index >= 15 is 0 Å². The first kappa shape index (κ1) is 19.6. The highest BCUT2D eigenvalue weighted by atomic mass is 35.5. The molecule has 0 fully saturated rings. The van der Waals surface area contributed by atoms with Gasteiger partial charge < -0.3 is 9.84 Å². The summed E-state index contributed by atoms with van der Waals surface area (Å²) < 4.78 is 82.6. The molecule has 0 amide bonds. The van der Waals surface area contributed by atoms with Crippen molar-refractivity contribution in [3.8, 4) is 0 Å². The van der Waals surface area contributed by atoms with Gasteiger partial charge in [-0.05, 0) is 12.1 Å². The van der Waals surface area contributed by atoms with E-state index in [4.69, 9.17) is 16.3 Å². The first-order valence-corrected chi connectivity index (χ1v) is 7.07. The summed E-state index contributed by atoms with van der Waals surface area (Å²) in [5.41, 5.74) is -2.57. The molecule has 0 radical (unpaired) electrons. The van der Waals surface area contributed by atoms with Crippen LogP contribution >= 0.6 is 11.6 Å². The fourth-order valence-electron chi connectivity index (χ4n) is 2.08. The van der Waals surface area contributed by atoms with E-state index in [0.29, 0.717) is 18.3 Å². The van der Waals surface area contributed by atoms with E-state index in [2.05, 4.69) is 10.4 Å². The van der Waals surface area contributed by atoms with Crippen LogP contribution in [0.4, 0.5) is 32.2 Å². The van der Waals surface area contributed by atoms with Crippen molar-refractivity contribution in [2.24, 2.45) is 0 Å². The van der Waals surface area contributed by atoms with Gasteiger partial charge in [-0.3, -0.25) is 5.43 Å². The summed E-state index contributed by atoms with van der Waals surface area (Å²) >= 11 is 5.67. The van der Waals surface area contributed by atoms with E-state index in [9.17, 15) is 31.4 Å². The van der Waals surface area contributed by atoms with Gasteiger partial charge in [-0.15, -0.1) is 0 Å². The Morgan fingerprint density at radius 2 is 1.96 bits per heavy atom. The molecule has 12 heteroatoms. The molecule has 1 aliphatic rings. The van der Waals surface area contributed by atoms with Crippen LogP contribution < -0.4 is 10.4 Å². The summed E-state index contributed by atoms with van der Waals surface area (Å²) in [4.78, 5) is 3.34. The monoisotopic (exact) mass is 391 g/mol. The minimum atomic E-state index is -5.18. The van der Waals surface area contributed by atoms with Crippen molar-refractivity contribution in [3.05, 3.63) is 34.6 Å². The van der Waals surface area contributed by atoms with E-state index in [-0.39, 0.29) is 23.7 Å². The molecule has 140 valence electrons. The number of ether oxygens (including phenoxy) is 1. The molecule has 0 unspecified atom stereocenters. The standard InChI is InChI=1S/C13H12ClF6N3O2/c1-25-3-2-8-5-11(24,13(18,19)20)23(22-8)10-9(14)4-7(6-21-10)12(15,16)17/h4-6,22,24H,2-3H2,1H3/t11-/m0/s1. The maximum absolute atomic E-state index is 13.3. The van der Waals surface area contributed by atoms with Crippen molar-refractivity contribution in [2.45, 2.75) is 24.5 Å². The summed E-state index contributed by atoms with van der Waals surface area (Å²) in [5, 5.41) is 9.52. The van der Waals surface area contributed by atoms with E-state index in [0.717, 1.165) is 0 Å². The number of rotatable bonds is 4. The molecule has 0 saturated heterocycles. The van der Waals surface area contributed by atoms with E-state index in [1.165, 1.54) is 7.11 Å². The van der Waals surface area contributed by atoms with Gasteiger partial charge in [0.2, 0.25) is 0 Å². The largest absolute Gasteiger partial charge is 0.442 e. The lowest BCUT2D eigenvalue weighted by Crippen LogP contribution is -2.59. The average molecular weight is 392 g/mol. The molecule has 0 aromatic carbocycles. The van der Waals surface area contributed by atoms with Gasteiger partial charge in [0, 0.05) is 25.4 Å². The minimum Gasteiger partial charge on any atom is -0.384 e. The predicted molar refractivity (Wildman–Crippen MR) is 75.4 cm³/mol. The average Bonchev–Trinajstić information content (AvgIpc) is 2.82. The maximum Gasteiger partial charge on any atom is 0.442 e. The third-order valence-electron chi connectivity index (χ3n) is 3.33. The number of nitrogens with one attached hydrogen (secondary N) is 1. The van der Waals surface area contributed by atoms with Crippen LogP contribution in [0, 0.1) is 0 Å². The summed E-state index contributed by atoms with van der Waals surface area (Å²) in [5.74, 6) is -0.710. The third-order valence-corrected chi connectivity index (χ3v) is 3.60. The Bertz CT molecular complexity index is 679. The van der Waals surface area contributed by atoms with Gasteiger partial charge in [-0.1, -0.05) is 11.6 Å². The Balaban J connectivity index is 2.43. The molecule has 0 aliphatic carbocycles. The number of anilines is 1. The maximum atomic E-state index is 13.3. The molecule has 2 rings (SSSR count). The number of halogens is 7. The molecule has 1 aliphatic heterocycles. The number of aliphatic hydroxyl groups is 1. The molecule has 1 atom stereocenters. The Hall–Kier alpha value is -1.72. The number of pyridine rings is 1. The first-order chi connectivity index (χ1) is 11.4. The van der Waals surface area contributed by atoms with Gasteiger partial charge in [0.15, 0.2) is 5.82 Å². The number of hydrogen-bond acceptors (Lipinski definition) is 5. The number of hydrazine groups is 1. The van der Waals surface area contributed by atoms with Gasteiger partial charge in [0.1, 0.15) is 0 Å². The predicted octanol–water partition coefficient (Wildman–Crippen LogP) is 3.25. The quantitative estimate of drug-likeness (QED) is 0.772. The number of alkyl halides is 6. The molecular weight excluding hydrogens is 380 g/mol. The van der Waals surface area contributed by atoms with Crippen molar-refractivity contribution in [3.63, 3.8) is 0 Å². The van der Waals surface area contributed by atoms with E-state index in [1.54, 1.807) is 0 Å². The number of hydrogen-bond donors (Lipinski definition) is 2. The van der Waals surface area contributed by atoms with Crippen LogP contribution in [0.1, 0.15) is 12.0 Å². The second-order valence-corrected chi connectivity index (χ2v) is 5.52. The van der Waals surface area contributed by atoms with Crippen molar-refractivity contribution < 1.29 is 36.2 Å². The normalized spacial score (nSPS) is 21.3. The minimum absolute atomic E-state index is 0.0103. The Morgan fingerprint density at radius 1 is 1.32 bits per heavy atom. The SMILES string of the molecule is COCCC1=C[C@](O)(C(F)(F)F)N(c2ncc(C(F)(F)F)cc2Cl)N1. The molecule has 0 bridgehead atoms. The smallest absolute Gasteiger partial charge is 0.384 e. The second-order valence-electron chi connectivity index (χ2n) is 5.11. The highest BCUT2D eigenvalue weighted by Crippen LogP contribution is 2.42. The van der Waals surface area contributed by atoms with Crippen molar-refractivity contribution in [2.75, 3.05) is 18.7 Å². The van der Waals surface area contributed by atoms with Crippen LogP contribution in [0.2, 0.25) is 5.02 Å². The molecule has 5 nitrogen and oxygen atoms in total. The van der Waals surface area contributed by atoms with Crippen molar-refractivity contribution in [1.29, 1.82) is 0 Å². The summed E-state index contributed by atoms with van der Waals surface area (Å²) in [6.07, 6.45) is -9.14. The van der Waals surface area contributed by atoms with Crippen LogP contribution in [0.5, 0.6) is 0 Å². The summed E-state index contributed by atoms with van der Waals surface area (Å²) in [7, 11) is 1.33. The highest BCUT2D eigenvalue weighted by molar-refractivity contribution is 6.33. The molecule has 2 heterocycles. The van der Waals surface area contributed by atoms with Crippen molar-refractivity contribution >= 4 is 17.4 Å².